The molecule has 3 aromatic heterocycles. The molecule has 0 spiro atoms. The van der Waals surface area contributed by atoms with E-state index in [1.54, 1.807) is 17.1 Å². The zero-order valence-corrected chi connectivity index (χ0v) is 12.3. The molecule has 0 saturated heterocycles. The van der Waals surface area contributed by atoms with Crippen molar-refractivity contribution in [2.24, 2.45) is 7.05 Å². The van der Waals surface area contributed by atoms with E-state index in [-0.39, 0.29) is 5.56 Å². The molecule has 3 rings (SSSR count). The first-order chi connectivity index (χ1) is 10.0. The molecule has 6 nitrogen and oxygen atoms in total. The fraction of sp³-hybridized carbons (Fsp3) is 0.267. The summed E-state index contributed by atoms with van der Waals surface area (Å²) in [5.74, 6) is 0.870. The summed E-state index contributed by atoms with van der Waals surface area (Å²) in [6.45, 7) is 0.415. The number of hydrogen-bond acceptors (Lipinski definition) is 4. The number of aromatic nitrogens is 4. The quantitative estimate of drug-likeness (QED) is 0.726. The van der Waals surface area contributed by atoms with Gasteiger partial charge in [-0.25, -0.2) is 9.97 Å². The van der Waals surface area contributed by atoms with E-state index in [1.807, 2.05) is 55.0 Å². The summed E-state index contributed by atoms with van der Waals surface area (Å²) in [6, 6.07) is 5.79. The largest absolute Gasteiger partial charge is 0.363 e. The SMILES string of the molecule is CN(C)c1cccc(Cn2cnc3cn(C)cc3c2=O)n1. The number of anilines is 1. The maximum atomic E-state index is 12.4. The summed E-state index contributed by atoms with van der Waals surface area (Å²) in [6.07, 6.45) is 5.21. The molecule has 0 aliphatic rings. The van der Waals surface area contributed by atoms with E-state index >= 15 is 0 Å². The molecule has 3 heterocycles. The molecule has 0 aliphatic carbocycles. The lowest BCUT2D eigenvalue weighted by molar-refractivity contribution is 0.729. The third-order valence-corrected chi connectivity index (χ3v) is 3.34. The van der Waals surface area contributed by atoms with Crippen LogP contribution in [0.3, 0.4) is 0 Å². The van der Waals surface area contributed by atoms with E-state index in [0.29, 0.717) is 17.4 Å². The van der Waals surface area contributed by atoms with Crippen molar-refractivity contribution >= 4 is 16.7 Å². The highest BCUT2D eigenvalue weighted by Crippen LogP contribution is 2.10. The summed E-state index contributed by atoms with van der Waals surface area (Å²) >= 11 is 0. The minimum absolute atomic E-state index is 0.0438. The van der Waals surface area contributed by atoms with Crippen LogP contribution >= 0.6 is 0 Å². The zero-order chi connectivity index (χ0) is 15.0. The normalized spacial score (nSPS) is 11.0. The van der Waals surface area contributed by atoms with Crippen molar-refractivity contribution < 1.29 is 0 Å². The zero-order valence-electron chi connectivity index (χ0n) is 12.3. The van der Waals surface area contributed by atoms with Crippen molar-refractivity contribution in [1.29, 1.82) is 0 Å². The fourth-order valence-electron chi connectivity index (χ4n) is 2.27. The van der Waals surface area contributed by atoms with Crippen LogP contribution in [0.5, 0.6) is 0 Å². The lowest BCUT2D eigenvalue weighted by Gasteiger charge is -2.12. The summed E-state index contributed by atoms with van der Waals surface area (Å²) < 4.78 is 3.43. The lowest BCUT2D eigenvalue weighted by atomic mass is 10.3. The van der Waals surface area contributed by atoms with E-state index in [0.717, 1.165) is 11.5 Å². The van der Waals surface area contributed by atoms with Crippen molar-refractivity contribution in [3.05, 3.63) is 53.0 Å². The second-order valence-electron chi connectivity index (χ2n) is 5.28. The maximum absolute atomic E-state index is 12.4. The molecule has 0 aromatic carbocycles. The summed E-state index contributed by atoms with van der Waals surface area (Å²) in [4.78, 5) is 23.2. The Labute approximate surface area is 122 Å². The van der Waals surface area contributed by atoms with Gasteiger partial charge in [-0.1, -0.05) is 6.07 Å². The van der Waals surface area contributed by atoms with E-state index in [2.05, 4.69) is 9.97 Å². The molecule has 6 heteroatoms. The van der Waals surface area contributed by atoms with Gasteiger partial charge in [-0.3, -0.25) is 9.36 Å². The first kappa shape index (κ1) is 13.4. The number of fused-ring (bicyclic) bond motifs is 1. The molecule has 0 unspecified atom stereocenters. The van der Waals surface area contributed by atoms with Gasteiger partial charge in [-0.05, 0) is 12.1 Å². The lowest BCUT2D eigenvalue weighted by Crippen LogP contribution is -2.21. The molecule has 108 valence electrons. The molecule has 0 aliphatic heterocycles. The van der Waals surface area contributed by atoms with Crippen LogP contribution < -0.4 is 10.5 Å². The van der Waals surface area contributed by atoms with Gasteiger partial charge in [-0.2, -0.15) is 0 Å². The average Bonchev–Trinajstić information content (AvgIpc) is 2.84. The highest BCUT2D eigenvalue weighted by Gasteiger charge is 2.07. The van der Waals surface area contributed by atoms with Crippen LogP contribution in [0.1, 0.15) is 5.69 Å². The van der Waals surface area contributed by atoms with Gasteiger partial charge in [0, 0.05) is 33.5 Å². The van der Waals surface area contributed by atoms with Crippen molar-refractivity contribution in [3.63, 3.8) is 0 Å². The van der Waals surface area contributed by atoms with Crippen molar-refractivity contribution in [1.82, 2.24) is 19.1 Å². The highest BCUT2D eigenvalue weighted by atomic mass is 16.1. The van der Waals surface area contributed by atoms with E-state index < -0.39 is 0 Å². The Morgan fingerprint density at radius 2 is 2.05 bits per heavy atom. The molecule has 3 aromatic rings. The van der Waals surface area contributed by atoms with Crippen LogP contribution in [-0.4, -0.2) is 33.2 Å². The van der Waals surface area contributed by atoms with Crippen LogP contribution in [0.15, 0.2) is 41.7 Å². The van der Waals surface area contributed by atoms with Crippen molar-refractivity contribution in [3.8, 4) is 0 Å². The number of rotatable bonds is 3. The van der Waals surface area contributed by atoms with Gasteiger partial charge in [0.25, 0.3) is 5.56 Å². The molecule has 0 saturated carbocycles. The first-order valence-corrected chi connectivity index (χ1v) is 6.69. The fourth-order valence-corrected chi connectivity index (χ4v) is 2.27. The molecule has 0 amide bonds. The predicted octanol–water partition coefficient (Wildman–Crippen LogP) is 1.24. The van der Waals surface area contributed by atoms with Gasteiger partial charge in [0.05, 0.1) is 29.5 Å². The first-order valence-electron chi connectivity index (χ1n) is 6.69. The van der Waals surface area contributed by atoms with Crippen LogP contribution in [0.4, 0.5) is 5.82 Å². The second kappa shape index (κ2) is 5.05. The van der Waals surface area contributed by atoms with Gasteiger partial charge in [0.2, 0.25) is 0 Å². The minimum Gasteiger partial charge on any atom is -0.363 e. The Hall–Kier alpha value is -2.63. The van der Waals surface area contributed by atoms with Gasteiger partial charge >= 0.3 is 0 Å². The van der Waals surface area contributed by atoms with Crippen LogP contribution in [-0.2, 0) is 13.6 Å². The van der Waals surface area contributed by atoms with E-state index in [9.17, 15) is 4.79 Å². The molecule has 21 heavy (non-hydrogen) atoms. The minimum atomic E-state index is -0.0438. The van der Waals surface area contributed by atoms with Gasteiger partial charge < -0.3 is 9.47 Å². The monoisotopic (exact) mass is 283 g/mol. The molecule has 0 fully saturated rings. The third-order valence-electron chi connectivity index (χ3n) is 3.34. The predicted molar refractivity (Wildman–Crippen MR) is 82.6 cm³/mol. The number of aryl methyl sites for hydroxylation is 1. The Kier molecular flexibility index (Phi) is 3.21. The smallest absolute Gasteiger partial charge is 0.263 e. The number of hydrogen-bond donors (Lipinski definition) is 0. The van der Waals surface area contributed by atoms with Gasteiger partial charge in [0.1, 0.15) is 5.82 Å². The third kappa shape index (κ3) is 2.52. The average molecular weight is 283 g/mol. The van der Waals surface area contributed by atoms with Gasteiger partial charge in [0.15, 0.2) is 0 Å². The molecule has 0 bridgehead atoms. The Balaban J connectivity index is 2.00. The Morgan fingerprint density at radius 1 is 1.24 bits per heavy atom. The second-order valence-corrected chi connectivity index (χ2v) is 5.28. The van der Waals surface area contributed by atoms with Crippen LogP contribution in [0.25, 0.3) is 10.9 Å². The maximum Gasteiger partial charge on any atom is 0.263 e. The molecule has 0 atom stereocenters. The Morgan fingerprint density at radius 3 is 2.81 bits per heavy atom. The Bertz CT molecular complexity index is 847. The molecule has 0 N–H and O–H groups in total. The molecule has 0 radical (unpaired) electrons. The van der Waals surface area contributed by atoms with E-state index in [4.69, 9.17) is 0 Å². The van der Waals surface area contributed by atoms with Gasteiger partial charge in [-0.15, -0.1) is 0 Å². The highest BCUT2D eigenvalue weighted by molar-refractivity contribution is 5.76. The van der Waals surface area contributed by atoms with Crippen LogP contribution in [0.2, 0.25) is 0 Å². The standard InChI is InChI=1S/C15H17N5O/c1-18(2)14-6-4-5-11(17-14)7-20-10-16-13-9-19(3)8-12(13)15(20)21/h4-6,8-10H,7H2,1-3H3. The molecular weight excluding hydrogens is 266 g/mol. The van der Waals surface area contributed by atoms with Crippen molar-refractivity contribution in [2.45, 2.75) is 6.54 Å². The van der Waals surface area contributed by atoms with Crippen LogP contribution in [0, 0.1) is 0 Å². The summed E-state index contributed by atoms with van der Waals surface area (Å²) in [7, 11) is 5.76. The summed E-state index contributed by atoms with van der Waals surface area (Å²) in [5.41, 5.74) is 1.51. The topological polar surface area (TPSA) is 56.0 Å². The number of nitrogens with zero attached hydrogens (tertiary/aromatic N) is 5. The van der Waals surface area contributed by atoms with Crippen molar-refractivity contribution in [2.75, 3.05) is 19.0 Å². The summed E-state index contributed by atoms with van der Waals surface area (Å²) in [5, 5.41) is 0.628. The van der Waals surface area contributed by atoms with E-state index in [1.165, 1.54) is 0 Å². The number of pyridine rings is 1. The molecular formula is C15H17N5O.